The fourth-order valence-corrected chi connectivity index (χ4v) is 6.10. The zero-order valence-corrected chi connectivity index (χ0v) is 18.3. The number of benzene rings is 2. The lowest BCUT2D eigenvalue weighted by Crippen LogP contribution is -2.28. The topological polar surface area (TPSA) is 28.5 Å². The third kappa shape index (κ3) is 3.79. The number of hydrogen-bond donors (Lipinski definition) is 0. The Morgan fingerprint density at radius 3 is 2.62 bits per heavy atom. The summed E-state index contributed by atoms with van der Waals surface area (Å²) in [7, 11) is 0. The lowest BCUT2D eigenvalue weighted by Gasteiger charge is -2.29. The van der Waals surface area contributed by atoms with Gasteiger partial charge in [-0.05, 0) is 48.0 Å². The number of amidine groups is 1. The minimum absolute atomic E-state index is 0.0122. The van der Waals surface area contributed by atoms with E-state index < -0.39 is 0 Å². The fraction of sp³-hybridized carbons (Fsp3) is 0.217. The number of halogens is 1. The summed E-state index contributed by atoms with van der Waals surface area (Å²) in [5.41, 5.74) is 2.33. The van der Waals surface area contributed by atoms with Gasteiger partial charge in [0.05, 0.1) is 11.7 Å². The van der Waals surface area contributed by atoms with Crippen LogP contribution in [0, 0.1) is 0 Å². The Balaban J connectivity index is 1.55. The molecule has 0 aliphatic carbocycles. The first-order valence-electron chi connectivity index (χ1n) is 9.63. The van der Waals surface area contributed by atoms with Gasteiger partial charge in [-0.3, -0.25) is 9.98 Å². The number of hydrogen-bond acceptors (Lipinski definition) is 5. The van der Waals surface area contributed by atoms with Crippen LogP contribution in [0.5, 0.6) is 0 Å². The van der Waals surface area contributed by atoms with Gasteiger partial charge >= 0.3 is 0 Å². The molecule has 1 fully saturated rings. The fourth-order valence-electron chi connectivity index (χ4n) is 3.90. The molecule has 2 aliphatic rings. The third-order valence-corrected chi connectivity index (χ3v) is 7.61. The van der Waals surface area contributed by atoms with Gasteiger partial charge in [0, 0.05) is 32.8 Å². The van der Waals surface area contributed by atoms with Crippen LogP contribution in [-0.4, -0.2) is 26.8 Å². The largest absolute Gasteiger partial charge is 0.341 e. The zero-order valence-electron chi connectivity index (χ0n) is 15.9. The van der Waals surface area contributed by atoms with E-state index in [1.165, 1.54) is 15.4 Å². The van der Waals surface area contributed by atoms with E-state index in [4.69, 9.17) is 16.6 Å². The Hall–Kier alpha value is -1.95. The Morgan fingerprint density at radius 2 is 1.83 bits per heavy atom. The molecule has 1 aromatic heterocycles. The second-order valence-electron chi connectivity index (χ2n) is 7.23. The van der Waals surface area contributed by atoms with Crippen molar-refractivity contribution in [3.8, 4) is 0 Å². The average Bonchev–Trinajstić information content (AvgIpc) is 3.27. The van der Waals surface area contributed by atoms with Crippen LogP contribution in [0.2, 0.25) is 5.02 Å². The molecule has 0 radical (unpaired) electrons. The number of nitrogens with zero attached hydrogens (tertiary/aromatic N) is 3. The highest BCUT2D eigenvalue weighted by atomic mass is 35.5. The molecule has 3 atom stereocenters. The van der Waals surface area contributed by atoms with Gasteiger partial charge in [0.15, 0.2) is 5.17 Å². The maximum atomic E-state index is 6.07. The molecule has 0 saturated carbocycles. The van der Waals surface area contributed by atoms with E-state index in [0.717, 1.165) is 22.4 Å². The Labute approximate surface area is 184 Å². The summed E-state index contributed by atoms with van der Waals surface area (Å²) in [6.07, 6.45) is 1.86. The Kier molecular flexibility index (Phi) is 5.29. The normalized spacial score (nSPS) is 23.2. The Bertz CT molecular complexity index is 1040. The van der Waals surface area contributed by atoms with Crippen molar-refractivity contribution in [3.05, 3.63) is 89.2 Å². The molecule has 3 heterocycles. The van der Waals surface area contributed by atoms with Crippen molar-refractivity contribution < 1.29 is 0 Å². The van der Waals surface area contributed by atoms with Crippen LogP contribution < -0.4 is 0 Å². The van der Waals surface area contributed by atoms with Crippen LogP contribution in [0.4, 0.5) is 0 Å². The van der Waals surface area contributed by atoms with Crippen LogP contribution in [0.25, 0.3) is 0 Å². The van der Waals surface area contributed by atoms with Crippen LogP contribution in [0.15, 0.2) is 87.7 Å². The van der Waals surface area contributed by atoms with E-state index >= 15 is 0 Å². The standard InChI is InChI=1S/C23H20ClN3S2/c1-15-14-27-22(21(26-23(27)28-15)19-7-4-5-13-25-19)18-6-2-3-8-20(18)29-17-11-9-16(24)10-12-17/h2-13,15,21-22H,14H2,1H3. The molecule has 3 aromatic rings. The van der Waals surface area contributed by atoms with Crippen molar-refractivity contribution in [2.24, 2.45) is 4.99 Å². The molecule has 1 saturated heterocycles. The first-order chi connectivity index (χ1) is 14.2. The quantitative estimate of drug-likeness (QED) is 0.467. The van der Waals surface area contributed by atoms with Crippen molar-refractivity contribution in [1.82, 2.24) is 9.88 Å². The van der Waals surface area contributed by atoms with E-state index in [1.807, 2.05) is 42.2 Å². The molecular weight excluding hydrogens is 418 g/mol. The summed E-state index contributed by atoms with van der Waals surface area (Å²) in [4.78, 5) is 14.6. The van der Waals surface area contributed by atoms with Crippen molar-refractivity contribution in [2.45, 2.75) is 34.0 Å². The number of fused-ring (bicyclic) bond motifs is 1. The zero-order chi connectivity index (χ0) is 19.8. The predicted molar refractivity (Wildman–Crippen MR) is 123 cm³/mol. The van der Waals surface area contributed by atoms with Crippen LogP contribution in [-0.2, 0) is 0 Å². The first-order valence-corrected chi connectivity index (χ1v) is 11.7. The van der Waals surface area contributed by atoms with E-state index in [0.29, 0.717) is 5.25 Å². The molecule has 5 rings (SSSR count). The molecule has 0 N–H and O–H groups in total. The molecule has 29 heavy (non-hydrogen) atoms. The van der Waals surface area contributed by atoms with E-state index in [-0.39, 0.29) is 12.1 Å². The minimum atomic E-state index is 0.0122. The SMILES string of the molecule is CC1CN2C(=NC(c3ccccn3)C2c2ccccc2Sc2ccc(Cl)cc2)S1. The number of aliphatic imine (C=N–C) groups is 1. The van der Waals surface area contributed by atoms with E-state index in [9.17, 15) is 0 Å². The predicted octanol–water partition coefficient (Wildman–Crippen LogP) is 6.48. The van der Waals surface area contributed by atoms with E-state index in [2.05, 4.69) is 59.3 Å². The van der Waals surface area contributed by atoms with Gasteiger partial charge in [0.25, 0.3) is 0 Å². The number of thioether (sulfide) groups is 1. The van der Waals surface area contributed by atoms with Gasteiger partial charge in [-0.2, -0.15) is 0 Å². The summed E-state index contributed by atoms with van der Waals surface area (Å²) in [5.74, 6) is 0. The van der Waals surface area contributed by atoms with E-state index in [1.54, 1.807) is 11.8 Å². The first kappa shape index (κ1) is 19.0. The second kappa shape index (κ2) is 8.05. The van der Waals surface area contributed by atoms with Gasteiger partial charge in [-0.1, -0.05) is 66.3 Å². The van der Waals surface area contributed by atoms with Crippen molar-refractivity contribution in [1.29, 1.82) is 0 Å². The molecule has 3 unspecified atom stereocenters. The van der Waals surface area contributed by atoms with Gasteiger partial charge in [0.2, 0.25) is 0 Å². The molecule has 2 aliphatic heterocycles. The van der Waals surface area contributed by atoms with Crippen LogP contribution in [0.3, 0.4) is 0 Å². The third-order valence-electron chi connectivity index (χ3n) is 5.16. The molecule has 6 heteroatoms. The van der Waals surface area contributed by atoms with Crippen LogP contribution in [0.1, 0.15) is 30.3 Å². The molecule has 3 nitrogen and oxygen atoms in total. The Morgan fingerprint density at radius 1 is 1.03 bits per heavy atom. The van der Waals surface area contributed by atoms with Gasteiger partial charge in [-0.25, -0.2) is 0 Å². The summed E-state index contributed by atoms with van der Waals surface area (Å²) in [5, 5.41) is 2.45. The maximum absolute atomic E-state index is 6.07. The monoisotopic (exact) mass is 437 g/mol. The van der Waals surface area contributed by atoms with Gasteiger partial charge in [-0.15, -0.1) is 0 Å². The van der Waals surface area contributed by atoms with Crippen molar-refractivity contribution in [3.63, 3.8) is 0 Å². The molecule has 0 amide bonds. The number of pyridine rings is 1. The number of rotatable bonds is 4. The molecule has 0 bridgehead atoms. The number of aromatic nitrogens is 1. The summed E-state index contributed by atoms with van der Waals surface area (Å²) in [6, 6.07) is 23.0. The molecular formula is C23H20ClN3S2. The lowest BCUT2D eigenvalue weighted by molar-refractivity contribution is 0.317. The molecule has 146 valence electrons. The summed E-state index contributed by atoms with van der Waals surface area (Å²) in [6.45, 7) is 3.28. The van der Waals surface area contributed by atoms with Gasteiger partial charge in [0.1, 0.15) is 6.04 Å². The van der Waals surface area contributed by atoms with Crippen molar-refractivity contribution in [2.75, 3.05) is 6.54 Å². The van der Waals surface area contributed by atoms with Crippen LogP contribution >= 0.6 is 35.1 Å². The van der Waals surface area contributed by atoms with Crippen molar-refractivity contribution >= 4 is 40.3 Å². The highest BCUT2D eigenvalue weighted by Gasteiger charge is 2.44. The highest BCUT2D eigenvalue weighted by Crippen LogP contribution is 2.49. The van der Waals surface area contributed by atoms with Gasteiger partial charge < -0.3 is 4.90 Å². The maximum Gasteiger partial charge on any atom is 0.160 e. The summed E-state index contributed by atoms with van der Waals surface area (Å²) < 4.78 is 0. The lowest BCUT2D eigenvalue weighted by atomic mass is 9.96. The highest BCUT2D eigenvalue weighted by molar-refractivity contribution is 8.14. The smallest absolute Gasteiger partial charge is 0.160 e. The average molecular weight is 438 g/mol. The molecule has 2 aromatic carbocycles. The summed E-state index contributed by atoms with van der Waals surface area (Å²) >= 11 is 9.72. The minimum Gasteiger partial charge on any atom is -0.341 e. The second-order valence-corrected chi connectivity index (χ2v) is 10.2. The molecule has 0 spiro atoms.